The van der Waals surface area contributed by atoms with Gasteiger partial charge in [0.25, 0.3) is 0 Å². The number of nitrogens with zero attached hydrogens (tertiary/aromatic N) is 2. The van der Waals surface area contributed by atoms with Crippen LogP contribution >= 0.6 is 15.9 Å². The van der Waals surface area contributed by atoms with Crippen molar-refractivity contribution >= 4 is 32.7 Å². The minimum Gasteiger partial charge on any atom is -0.440 e. The molecule has 4 nitrogen and oxygen atoms in total. The largest absolute Gasteiger partial charge is 0.440 e. The highest BCUT2D eigenvalue weighted by molar-refractivity contribution is 9.10. The first-order valence-electron chi connectivity index (χ1n) is 7.02. The van der Waals surface area contributed by atoms with Crippen molar-refractivity contribution in [3.05, 3.63) is 52.6 Å². The zero-order chi connectivity index (χ0) is 14.2. The summed E-state index contributed by atoms with van der Waals surface area (Å²) in [4.78, 5) is 8.74. The fourth-order valence-electron chi connectivity index (χ4n) is 2.32. The average molecular weight is 344 g/mol. The first-order chi connectivity index (χ1) is 10.3. The molecule has 2 aromatic heterocycles. The molecule has 0 bridgehead atoms. The second-order valence-electron chi connectivity index (χ2n) is 5.37. The van der Waals surface area contributed by atoms with Gasteiger partial charge in [-0.05, 0) is 58.6 Å². The van der Waals surface area contributed by atoms with E-state index in [1.165, 1.54) is 12.8 Å². The minimum atomic E-state index is 0.543. The van der Waals surface area contributed by atoms with Crippen LogP contribution in [0.3, 0.4) is 0 Å². The van der Waals surface area contributed by atoms with Crippen LogP contribution in [0.2, 0.25) is 0 Å². The summed E-state index contributed by atoms with van der Waals surface area (Å²) in [5, 5.41) is 3.39. The Bertz CT molecular complexity index is 795. The summed E-state index contributed by atoms with van der Waals surface area (Å²) in [7, 11) is 0. The molecule has 106 valence electrons. The lowest BCUT2D eigenvalue weighted by Crippen LogP contribution is -1.99. The molecular formula is C16H14BrN3O. The number of hydrogen-bond donors (Lipinski definition) is 1. The Kier molecular flexibility index (Phi) is 3.15. The van der Waals surface area contributed by atoms with Gasteiger partial charge in [0.1, 0.15) is 5.52 Å². The van der Waals surface area contributed by atoms with E-state index in [4.69, 9.17) is 4.42 Å². The zero-order valence-corrected chi connectivity index (χ0v) is 12.9. The summed E-state index contributed by atoms with van der Waals surface area (Å²) in [5.41, 5.74) is 3.96. The van der Waals surface area contributed by atoms with Gasteiger partial charge in [-0.3, -0.25) is 4.98 Å². The summed E-state index contributed by atoms with van der Waals surface area (Å²) in [6, 6.07) is 8.10. The van der Waals surface area contributed by atoms with Crippen molar-refractivity contribution in [2.24, 2.45) is 0 Å². The number of halogens is 1. The van der Waals surface area contributed by atoms with Gasteiger partial charge in [-0.25, -0.2) is 4.98 Å². The molecule has 1 N–H and O–H groups in total. The Balaban J connectivity index is 1.53. The van der Waals surface area contributed by atoms with E-state index in [9.17, 15) is 0 Å². The highest BCUT2D eigenvalue weighted by Crippen LogP contribution is 2.40. The summed E-state index contributed by atoms with van der Waals surface area (Å²) >= 11 is 3.43. The molecule has 1 fully saturated rings. The Hall–Kier alpha value is -1.88. The number of fused-ring (bicyclic) bond motifs is 1. The van der Waals surface area contributed by atoms with Gasteiger partial charge in [0, 0.05) is 35.0 Å². The molecule has 0 radical (unpaired) electrons. The number of oxazole rings is 1. The third kappa shape index (κ3) is 2.78. The van der Waals surface area contributed by atoms with Crippen LogP contribution in [0.25, 0.3) is 11.1 Å². The van der Waals surface area contributed by atoms with Crippen LogP contribution in [0.5, 0.6) is 0 Å². The van der Waals surface area contributed by atoms with Crippen molar-refractivity contribution in [3.63, 3.8) is 0 Å². The molecule has 0 saturated heterocycles. The first-order valence-corrected chi connectivity index (χ1v) is 7.81. The maximum Gasteiger partial charge on any atom is 0.198 e. The third-order valence-electron chi connectivity index (χ3n) is 3.59. The molecule has 4 rings (SSSR count). The smallest absolute Gasteiger partial charge is 0.198 e. The van der Waals surface area contributed by atoms with Crippen LogP contribution in [0.4, 0.5) is 5.69 Å². The lowest BCUT2D eigenvalue weighted by molar-refractivity contribution is 0.533. The predicted octanol–water partition coefficient (Wildman–Crippen LogP) is 4.47. The highest BCUT2D eigenvalue weighted by atomic mass is 79.9. The van der Waals surface area contributed by atoms with Crippen molar-refractivity contribution in [2.45, 2.75) is 25.3 Å². The lowest BCUT2D eigenvalue weighted by Gasteiger charge is -2.06. The molecule has 1 aromatic carbocycles. The Morgan fingerprint density at radius 1 is 1.24 bits per heavy atom. The SMILES string of the molecule is Brc1cncc(CNc2ccc3oc(C4CC4)nc3c2)c1. The van der Waals surface area contributed by atoms with E-state index in [-0.39, 0.29) is 0 Å². The molecule has 0 spiro atoms. The molecule has 3 aromatic rings. The quantitative estimate of drug-likeness (QED) is 0.758. The van der Waals surface area contributed by atoms with Gasteiger partial charge in [0.05, 0.1) is 0 Å². The predicted molar refractivity (Wildman–Crippen MR) is 85.2 cm³/mol. The number of anilines is 1. The maximum atomic E-state index is 5.77. The van der Waals surface area contributed by atoms with Crippen LogP contribution < -0.4 is 5.32 Å². The normalized spacial score (nSPS) is 14.5. The van der Waals surface area contributed by atoms with Gasteiger partial charge in [-0.2, -0.15) is 0 Å². The molecule has 1 saturated carbocycles. The van der Waals surface area contributed by atoms with E-state index < -0.39 is 0 Å². The second-order valence-corrected chi connectivity index (χ2v) is 6.29. The molecule has 0 amide bonds. The summed E-state index contributed by atoms with van der Waals surface area (Å²) in [5.74, 6) is 1.43. The van der Waals surface area contributed by atoms with E-state index in [1.807, 2.05) is 24.4 Å². The van der Waals surface area contributed by atoms with Crippen LogP contribution in [-0.2, 0) is 6.54 Å². The van der Waals surface area contributed by atoms with Crippen molar-refractivity contribution in [2.75, 3.05) is 5.32 Å². The summed E-state index contributed by atoms with van der Waals surface area (Å²) in [6.45, 7) is 0.727. The summed E-state index contributed by atoms with van der Waals surface area (Å²) in [6.07, 6.45) is 6.05. The van der Waals surface area contributed by atoms with Gasteiger partial charge in [-0.15, -0.1) is 0 Å². The van der Waals surface area contributed by atoms with E-state index in [0.29, 0.717) is 5.92 Å². The van der Waals surface area contributed by atoms with Gasteiger partial charge >= 0.3 is 0 Å². The summed E-state index contributed by atoms with van der Waals surface area (Å²) < 4.78 is 6.76. The third-order valence-corrected chi connectivity index (χ3v) is 4.02. The molecule has 21 heavy (non-hydrogen) atoms. The highest BCUT2D eigenvalue weighted by Gasteiger charge is 2.28. The standard InChI is InChI=1S/C16H14BrN3O/c17-12-5-10(7-18-9-12)8-19-13-3-4-15-14(6-13)20-16(21-15)11-1-2-11/h3-7,9,11,19H,1-2,8H2. The van der Waals surface area contributed by atoms with Gasteiger partial charge < -0.3 is 9.73 Å². The monoisotopic (exact) mass is 343 g/mol. The second kappa shape index (κ2) is 5.15. The molecule has 5 heteroatoms. The number of benzene rings is 1. The zero-order valence-electron chi connectivity index (χ0n) is 11.3. The lowest BCUT2D eigenvalue weighted by atomic mass is 10.2. The van der Waals surface area contributed by atoms with Crippen LogP contribution in [0.1, 0.15) is 30.2 Å². The molecule has 2 heterocycles. The first kappa shape index (κ1) is 12.8. The molecule has 1 aliphatic carbocycles. The van der Waals surface area contributed by atoms with Crippen molar-refractivity contribution in [1.29, 1.82) is 0 Å². The fraction of sp³-hybridized carbons (Fsp3) is 0.250. The van der Waals surface area contributed by atoms with Crippen LogP contribution in [0, 0.1) is 0 Å². The Labute approximate surface area is 130 Å². The van der Waals surface area contributed by atoms with E-state index >= 15 is 0 Å². The average Bonchev–Trinajstić information content (AvgIpc) is 3.25. The maximum absolute atomic E-state index is 5.77. The topological polar surface area (TPSA) is 51.0 Å². The molecule has 0 atom stereocenters. The number of pyridine rings is 1. The Morgan fingerprint density at radius 3 is 2.95 bits per heavy atom. The van der Waals surface area contributed by atoms with Gasteiger partial charge in [-0.1, -0.05) is 0 Å². The number of nitrogens with one attached hydrogen (secondary N) is 1. The van der Waals surface area contributed by atoms with Crippen LogP contribution in [-0.4, -0.2) is 9.97 Å². The van der Waals surface area contributed by atoms with E-state index in [2.05, 4.69) is 37.3 Å². The molecule has 1 aliphatic rings. The van der Waals surface area contributed by atoms with Gasteiger partial charge in [0.2, 0.25) is 0 Å². The van der Waals surface area contributed by atoms with E-state index in [1.54, 1.807) is 6.20 Å². The van der Waals surface area contributed by atoms with Crippen molar-refractivity contribution < 1.29 is 4.42 Å². The number of hydrogen-bond acceptors (Lipinski definition) is 4. The van der Waals surface area contributed by atoms with Crippen molar-refractivity contribution in [3.8, 4) is 0 Å². The van der Waals surface area contributed by atoms with Gasteiger partial charge in [0.15, 0.2) is 11.5 Å². The molecular weight excluding hydrogens is 330 g/mol. The van der Waals surface area contributed by atoms with Crippen molar-refractivity contribution in [1.82, 2.24) is 9.97 Å². The number of aromatic nitrogens is 2. The van der Waals surface area contributed by atoms with Crippen LogP contribution in [0.15, 0.2) is 45.5 Å². The fourth-order valence-corrected chi connectivity index (χ4v) is 2.73. The van der Waals surface area contributed by atoms with E-state index in [0.717, 1.165) is 39.3 Å². The molecule has 0 aliphatic heterocycles. The minimum absolute atomic E-state index is 0.543. The molecule has 0 unspecified atom stereocenters. The Morgan fingerprint density at radius 2 is 2.14 bits per heavy atom. The number of rotatable bonds is 4.